The van der Waals surface area contributed by atoms with E-state index in [4.69, 9.17) is 19.4 Å². The molecule has 4 rings (SSSR count). The molecule has 0 unspecified atom stereocenters. The first-order chi connectivity index (χ1) is 15.1. The van der Waals surface area contributed by atoms with E-state index in [0.717, 1.165) is 23.2 Å². The van der Waals surface area contributed by atoms with E-state index in [9.17, 15) is 0 Å². The number of rotatable bonds is 8. The SMILES string of the molecule is CC[C@H](C)Nc1nc(Nc2cc(OC)ccc2OC)c2cnn(-c3ccccc3)c2n1. The van der Waals surface area contributed by atoms with E-state index >= 15 is 0 Å². The van der Waals surface area contributed by atoms with Crippen LogP contribution in [0.15, 0.2) is 54.7 Å². The van der Waals surface area contributed by atoms with Crippen molar-refractivity contribution in [2.45, 2.75) is 26.3 Å². The van der Waals surface area contributed by atoms with Gasteiger partial charge in [0.1, 0.15) is 17.3 Å². The van der Waals surface area contributed by atoms with Crippen LogP contribution >= 0.6 is 0 Å². The van der Waals surface area contributed by atoms with Crippen molar-refractivity contribution < 1.29 is 9.47 Å². The van der Waals surface area contributed by atoms with Crippen molar-refractivity contribution in [3.05, 3.63) is 54.7 Å². The van der Waals surface area contributed by atoms with Gasteiger partial charge in [-0.15, -0.1) is 0 Å². The van der Waals surface area contributed by atoms with Crippen LogP contribution in [0.5, 0.6) is 11.5 Å². The first kappa shape index (κ1) is 20.5. The van der Waals surface area contributed by atoms with Crippen LogP contribution in [0.1, 0.15) is 20.3 Å². The molecular weight excluding hydrogens is 392 g/mol. The standard InChI is InChI=1S/C23H26N6O2/c1-5-15(2)25-23-27-21(26-19-13-17(30-3)11-12-20(19)31-4)18-14-24-29(22(18)28-23)16-9-7-6-8-10-16/h6-15H,5H2,1-4H3,(H2,25,26,27,28)/t15-/m0/s1. The predicted molar refractivity (Wildman–Crippen MR) is 123 cm³/mol. The van der Waals surface area contributed by atoms with Gasteiger partial charge in [-0.05, 0) is 37.6 Å². The van der Waals surface area contributed by atoms with Gasteiger partial charge in [0.25, 0.3) is 0 Å². The maximum absolute atomic E-state index is 5.52. The monoisotopic (exact) mass is 418 g/mol. The van der Waals surface area contributed by atoms with Crippen molar-refractivity contribution in [3.8, 4) is 17.2 Å². The van der Waals surface area contributed by atoms with Crippen LogP contribution in [0.25, 0.3) is 16.7 Å². The van der Waals surface area contributed by atoms with E-state index in [0.29, 0.717) is 28.9 Å². The van der Waals surface area contributed by atoms with E-state index in [1.807, 2.05) is 53.2 Å². The van der Waals surface area contributed by atoms with E-state index in [1.54, 1.807) is 20.4 Å². The van der Waals surface area contributed by atoms with Crippen molar-refractivity contribution in [1.29, 1.82) is 0 Å². The number of nitrogens with one attached hydrogen (secondary N) is 2. The summed E-state index contributed by atoms with van der Waals surface area (Å²) in [6.07, 6.45) is 2.72. The summed E-state index contributed by atoms with van der Waals surface area (Å²) in [7, 11) is 3.26. The highest BCUT2D eigenvalue weighted by Gasteiger charge is 2.17. The molecule has 0 radical (unpaired) electrons. The third-order valence-electron chi connectivity index (χ3n) is 5.08. The molecule has 160 valence electrons. The van der Waals surface area contributed by atoms with E-state index in [1.165, 1.54) is 0 Å². The number of hydrogen-bond acceptors (Lipinski definition) is 7. The van der Waals surface area contributed by atoms with Crippen molar-refractivity contribution in [2.75, 3.05) is 24.9 Å². The Labute approximate surface area is 181 Å². The largest absolute Gasteiger partial charge is 0.497 e. The summed E-state index contributed by atoms with van der Waals surface area (Å²) in [6.45, 7) is 4.21. The summed E-state index contributed by atoms with van der Waals surface area (Å²) >= 11 is 0. The minimum absolute atomic E-state index is 0.227. The molecular formula is C23H26N6O2. The molecule has 0 aliphatic carbocycles. The summed E-state index contributed by atoms with van der Waals surface area (Å²) in [6, 6.07) is 15.7. The number of fused-ring (bicyclic) bond motifs is 1. The maximum atomic E-state index is 5.52. The van der Waals surface area contributed by atoms with Gasteiger partial charge in [-0.1, -0.05) is 25.1 Å². The predicted octanol–water partition coefficient (Wildman–Crippen LogP) is 4.79. The van der Waals surface area contributed by atoms with Crippen LogP contribution < -0.4 is 20.1 Å². The zero-order chi connectivity index (χ0) is 21.8. The topological polar surface area (TPSA) is 86.1 Å². The van der Waals surface area contributed by atoms with Gasteiger partial charge in [0.05, 0.1) is 37.2 Å². The van der Waals surface area contributed by atoms with Gasteiger partial charge in [-0.25, -0.2) is 4.68 Å². The molecule has 2 aromatic heterocycles. The number of ether oxygens (including phenoxy) is 2. The van der Waals surface area contributed by atoms with Gasteiger partial charge in [-0.2, -0.15) is 15.1 Å². The summed E-state index contributed by atoms with van der Waals surface area (Å²) in [5, 5.41) is 12.1. The third-order valence-corrected chi connectivity index (χ3v) is 5.08. The smallest absolute Gasteiger partial charge is 0.226 e. The molecule has 0 spiro atoms. The molecule has 0 fully saturated rings. The fourth-order valence-corrected chi connectivity index (χ4v) is 3.19. The van der Waals surface area contributed by atoms with Crippen LogP contribution in [-0.2, 0) is 0 Å². The first-order valence-corrected chi connectivity index (χ1v) is 10.2. The van der Waals surface area contributed by atoms with Gasteiger partial charge in [0.15, 0.2) is 5.65 Å². The number of hydrogen-bond donors (Lipinski definition) is 2. The minimum Gasteiger partial charge on any atom is -0.497 e. The highest BCUT2D eigenvalue weighted by Crippen LogP contribution is 2.34. The van der Waals surface area contributed by atoms with Crippen LogP contribution in [0, 0.1) is 0 Å². The number of anilines is 3. The third kappa shape index (κ3) is 4.23. The average Bonchev–Trinajstić information content (AvgIpc) is 3.23. The Bertz CT molecular complexity index is 1180. The number of nitrogens with zero attached hydrogens (tertiary/aromatic N) is 4. The van der Waals surface area contributed by atoms with Crippen LogP contribution in [0.4, 0.5) is 17.5 Å². The van der Waals surface area contributed by atoms with Crippen LogP contribution in [-0.4, -0.2) is 40.0 Å². The molecule has 0 aliphatic heterocycles. The number of para-hydroxylation sites is 1. The van der Waals surface area contributed by atoms with Crippen molar-refractivity contribution in [1.82, 2.24) is 19.7 Å². The summed E-state index contributed by atoms with van der Waals surface area (Å²) in [5.41, 5.74) is 2.37. The van der Waals surface area contributed by atoms with Gasteiger partial charge in [-0.3, -0.25) is 0 Å². The second-order valence-electron chi connectivity index (χ2n) is 7.17. The molecule has 4 aromatic rings. The van der Waals surface area contributed by atoms with Gasteiger partial charge in [0, 0.05) is 12.1 Å². The Kier molecular flexibility index (Phi) is 5.88. The molecule has 0 amide bonds. The van der Waals surface area contributed by atoms with Gasteiger partial charge >= 0.3 is 0 Å². The number of benzene rings is 2. The average molecular weight is 419 g/mol. The Morgan fingerprint density at radius 1 is 1.03 bits per heavy atom. The number of methoxy groups -OCH3 is 2. The molecule has 8 nitrogen and oxygen atoms in total. The highest BCUT2D eigenvalue weighted by atomic mass is 16.5. The molecule has 1 atom stereocenters. The molecule has 8 heteroatoms. The van der Waals surface area contributed by atoms with Crippen LogP contribution in [0.3, 0.4) is 0 Å². The molecule has 2 N–H and O–H groups in total. The lowest BCUT2D eigenvalue weighted by Crippen LogP contribution is -2.16. The molecule has 0 bridgehead atoms. The lowest BCUT2D eigenvalue weighted by atomic mass is 10.2. The fraction of sp³-hybridized carbons (Fsp3) is 0.261. The summed E-state index contributed by atoms with van der Waals surface area (Å²) in [5.74, 6) is 2.56. The minimum atomic E-state index is 0.227. The normalized spacial score (nSPS) is 11.9. The lowest BCUT2D eigenvalue weighted by molar-refractivity contribution is 0.405. The zero-order valence-electron chi connectivity index (χ0n) is 18.1. The van der Waals surface area contributed by atoms with Crippen LogP contribution in [0.2, 0.25) is 0 Å². The molecule has 0 saturated carbocycles. The summed E-state index contributed by atoms with van der Waals surface area (Å²) in [4.78, 5) is 9.50. The molecule has 0 aliphatic rings. The first-order valence-electron chi connectivity index (χ1n) is 10.2. The zero-order valence-corrected chi connectivity index (χ0v) is 18.1. The Morgan fingerprint density at radius 3 is 2.55 bits per heavy atom. The van der Waals surface area contributed by atoms with Gasteiger partial charge in [0.2, 0.25) is 5.95 Å². The Hall–Kier alpha value is -3.81. The Balaban J connectivity index is 1.85. The number of aromatic nitrogens is 4. The maximum Gasteiger partial charge on any atom is 0.226 e. The van der Waals surface area contributed by atoms with E-state index < -0.39 is 0 Å². The second-order valence-corrected chi connectivity index (χ2v) is 7.17. The van der Waals surface area contributed by atoms with E-state index in [-0.39, 0.29) is 6.04 Å². The van der Waals surface area contributed by atoms with E-state index in [2.05, 4.69) is 29.6 Å². The summed E-state index contributed by atoms with van der Waals surface area (Å²) < 4.78 is 12.7. The molecule has 2 heterocycles. The van der Waals surface area contributed by atoms with Crippen molar-refractivity contribution >= 4 is 28.5 Å². The Morgan fingerprint density at radius 2 is 1.84 bits per heavy atom. The van der Waals surface area contributed by atoms with Crippen molar-refractivity contribution in [2.24, 2.45) is 0 Å². The molecule has 31 heavy (non-hydrogen) atoms. The molecule has 0 saturated heterocycles. The van der Waals surface area contributed by atoms with Gasteiger partial charge < -0.3 is 20.1 Å². The fourth-order valence-electron chi connectivity index (χ4n) is 3.19. The lowest BCUT2D eigenvalue weighted by Gasteiger charge is -2.15. The quantitative estimate of drug-likeness (QED) is 0.426. The van der Waals surface area contributed by atoms with Crippen molar-refractivity contribution in [3.63, 3.8) is 0 Å². The highest BCUT2D eigenvalue weighted by molar-refractivity contribution is 5.91. The second kappa shape index (κ2) is 8.91. The molecule has 2 aromatic carbocycles.